The molecule has 0 aromatic rings. The number of rotatable bonds is 4. The maximum Gasteiger partial charge on any atom is 0.338 e. The van der Waals surface area contributed by atoms with Gasteiger partial charge in [-0.25, -0.2) is 4.79 Å². The Morgan fingerprint density at radius 3 is 2.27 bits per heavy atom. The predicted molar refractivity (Wildman–Crippen MR) is 66.2 cm³/mol. The minimum Gasteiger partial charge on any atom is -0.455 e. The van der Waals surface area contributed by atoms with Gasteiger partial charge in [-0.05, 0) is 0 Å². The molecular formula is C12H20O10. The van der Waals surface area contributed by atoms with Crippen molar-refractivity contribution in [2.45, 2.75) is 55.4 Å². The average molecular weight is 324 g/mol. The molecule has 1 unspecified atom stereocenters. The standard InChI is InChI=1S/C12H20O10/c13-2-6-4(15)1-5(16)12(21-6)22-10-8(17)7(3-14)20-11(19)9(10)18/h4-10,12-18H,1-3H2/t4-,5-,6-,7?,8-,9-,10-,12+/m1/s1. The number of carbonyl (C=O) groups is 1. The largest absolute Gasteiger partial charge is 0.455 e. The lowest BCUT2D eigenvalue weighted by Gasteiger charge is -2.41. The fraction of sp³-hybridized carbons (Fsp3) is 0.917. The highest BCUT2D eigenvalue weighted by Crippen LogP contribution is 2.26. The van der Waals surface area contributed by atoms with Gasteiger partial charge < -0.3 is 44.8 Å². The third kappa shape index (κ3) is 3.39. The zero-order valence-electron chi connectivity index (χ0n) is 11.6. The fourth-order valence-electron chi connectivity index (χ4n) is 2.43. The molecule has 0 aromatic carbocycles. The van der Waals surface area contributed by atoms with Crippen LogP contribution in [0.3, 0.4) is 0 Å². The van der Waals surface area contributed by atoms with Gasteiger partial charge in [0.25, 0.3) is 0 Å². The highest BCUT2D eigenvalue weighted by molar-refractivity contribution is 5.76. The van der Waals surface area contributed by atoms with Crippen LogP contribution in [0.25, 0.3) is 0 Å². The highest BCUT2D eigenvalue weighted by atomic mass is 16.7. The van der Waals surface area contributed by atoms with E-state index < -0.39 is 68.2 Å². The van der Waals surface area contributed by atoms with Crippen molar-refractivity contribution in [2.75, 3.05) is 13.2 Å². The molecule has 2 aliphatic heterocycles. The predicted octanol–water partition coefficient (Wildman–Crippen LogP) is -4.16. The van der Waals surface area contributed by atoms with Gasteiger partial charge in [-0.2, -0.15) is 0 Å². The lowest BCUT2D eigenvalue weighted by atomic mass is 9.98. The van der Waals surface area contributed by atoms with Crippen LogP contribution in [0.5, 0.6) is 0 Å². The summed E-state index contributed by atoms with van der Waals surface area (Å²) in [6.07, 6.45) is -11.1. The van der Waals surface area contributed by atoms with Gasteiger partial charge in [0.05, 0.1) is 19.3 Å². The number of aliphatic hydroxyl groups is 6. The number of ether oxygens (including phenoxy) is 3. The van der Waals surface area contributed by atoms with Crippen LogP contribution in [-0.2, 0) is 19.0 Å². The van der Waals surface area contributed by atoms with E-state index in [4.69, 9.17) is 19.7 Å². The Bertz CT molecular complexity index is 390. The van der Waals surface area contributed by atoms with E-state index in [1.165, 1.54) is 0 Å². The molecule has 0 radical (unpaired) electrons. The molecular weight excluding hydrogens is 304 g/mol. The maximum atomic E-state index is 11.5. The van der Waals surface area contributed by atoms with Gasteiger partial charge in [-0.15, -0.1) is 0 Å². The van der Waals surface area contributed by atoms with Crippen molar-refractivity contribution in [3.63, 3.8) is 0 Å². The third-order valence-electron chi connectivity index (χ3n) is 3.72. The van der Waals surface area contributed by atoms with Crippen LogP contribution in [0.4, 0.5) is 0 Å². The summed E-state index contributed by atoms with van der Waals surface area (Å²) in [5.74, 6) is -1.08. The van der Waals surface area contributed by atoms with Gasteiger partial charge in [0, 0.05) is 6.42 Å². The highest BCUT2D eigenvalue weighted by Gasteiger charge is 2.48. The smallest absolute Gasteiger partial charge is 0.338 e. The molecule has 0 amide bonds. The molecule has 2 aliphatic rings. The zero-order chi connectivity index (χ0) is 16.4. The number of cyclic esters (lactones) is 1. The molecule has 10 nitrogen and oxygen atoms in total. The minimum atomic E-state index is -1.83. The number of hydrogen-bond acceptors (Lipinski definition) is 10. The first kappa shape index (κ1) is 17.5. The Labute approximate surface area is 125 Å². The van der Waals surface area contributed by atoms with E-state index in [-0.39, 0.29) is 6.42 Å². The van der Waals surface area contributed by atoms with Crippen LogP contribution in [0, 0.1) is 0 Å². The number of aliphatic hydroxyl groups excluding tert-OH is 6. The molecule has 128 valence electrons. The van der Waals surface area contributed by atoms with E-state index in [1.807, 2.05) is 0 Å². The molecule has 10 heteroatoms. The Balaban J connectivity index is 2.08. The molecule has 22 heavy (non-hydrogen) atoms. The third-order valence-corrected chi connectivity index (χ3v) is 3.72. The summed E-state index contributed by atoms with van der Waals surface area (Å²) in [6.45, 7) is -1.20. The van der Waals surface area contributed by atoms with Gasteiger partial charge in [-0.1, -0.05) is 0 Å². The second kappa shape index (κ2) is 7.15. The molecule has 0 aromatic heterocycles. The average Bonchev–Trinajstić information content (AvgIpc) is 2.49. The van der Waals surface area contributed by atoms with Crippen LogP contribution in [0.2, 0.25) is 0 Å². The lowest BCUT2D eigenvalue weighted by Crippen LogP contribution is -2.60. The second-order valence-corrected chi connectivity index (χ2v) is 5.29. The van der Waals surface area contributed by atoms with Crippen molar-refractivity contribution in [3.05, 3.63) is 0 Å². The first-order chi connectivity index (χ1) is 10.4. The van der Waals surface area contributed by atoms with Crippen molar-refractivity contribution >= 4 is 5.97 Å². The Morgan fingerprint density at radius 1 is 1.05 bits per heavy atom. The number of hydrogen-bond donors (Lipinski definition) is 6. The quantitative estimate of drug-likeness (QED) is 0.279. The van der Waals surface area contributed by atoms with E-state index in [1.54, 1.807) is 0 Å². The molecule has 2 saturated heterocycles. The molecule has 0 bridgehead atoms. The summed E-state index contributed by atoms with van der Waals surface area (Å²) in [5.41, 5.74) is 0. The van der Waals surface area contributed by atoms with E-state index in [0.29, 0.717) is 0 Å². The van der Waals surface area contributed by atoms with Crippen molar-refractivity contribution in [3.8, 4) is 0 Å². The van der Waals surface area contributed by atoms with Crippen LogP contribution < -0.4 is 0 Å². The molecule has 2 rings (SSSR count). The van der Waals surface area contributed by atoms with Crippen molar-refractivity contribution in [1.29, 1.82) is 0 Å². The normalized spacial score (nSPS) is 46.4. The molecule has 2 heterocycles. The molecule has 8 atom stereocenters. The topological polar surface area (TPSA) is 166 Å². The van der Waals surface area contributed by atoms with Crippen LogP contribution in [0.15, 0.2) is 0 Å². The lowest BCUT2D eigenvalue weighted by molar-refractivity contribution is -0.310. The summed E-state index contributed by atoms with van der Waals surface area (Å²) >= 11 is 0. The maximum absolute atomic E-state index is 11.5. The van der Waals surface area contributed by atoms with Gasteiger partial charge >= 0.3 is 5.97 Å². The van der Waals surface area contributed by atoms with Gasteiger partial charge in [0.15, 0.2) is 18.5 Å². The Kier molecular flexibility index (Phi) is 5.69. The molecule has 0 saturated carbocycles. The molecule has 6 N–H and O–H groups in total. The van der Waals surface area contributed by atoms with Gasteiger partial charge in [0.2, 0.25) is 0 Å². The summed E-state index contributed by atoms with van der Waals surface area (Å²) < 4.78 is 15.0. The molecule has 0 aliphatic carbocycles. The SMILES string of the molecule is O=C1OC(CO)[C@@H](O)[C@@H](O[C@@H]2O[C@H](CO)[C@H](O)C[C@H]2O)[C@H]1O. The zero-order valence-corrected chi connectivity index (χ0v) is 11.6. The fourth-order valence-corrected chi connectivity index (χ4v) is 2.43. The van der Waals surface area contributed by atoms with E-state index in [0.717, 1.165) is 0 Å². The monoisotopic (exact) mass is 324 g/mol. The van der Waals surface area contributed by atoms with Gasteiger partial charge in [-0.3, -0.25) is 0 Å². The Morgan fingerprint density at radius 2 is 1.68 bits per heavy atom. The first-order valence-corrected chi connectivity index (χ1v) is 6.84. The van der Waals surface area contributed by atoms with Crippen molar-refractivity contribution < 1.29 is 49.6 Å². The number of carbonyl (C=O) groups excluding carboxylic acids is 1. The summed E-state index contributed by atoms with van der Waals surface area (Å²) in [5, 5.41) is 57.2. The molecule has 2 fully saturated rings. The number of esters is 1. The first-order valence-electron chi connectivity index (χ1n) is 6.84. The molecule has 0 spiro atoms. The van der Waals surface area contributed by atoms with Crippen LogP contribution in [-0.4, -0.2) is 98.8 Å². The summed E-state index contributed by atoms with van der Waals surface area (Å²) in [4.78, 5) is 11.5. The summed E-state index contributed by atoms with van der Waals surface area (Å²) in [7, 11) is 0. The minimum absolute atomic E-state index is 0.150. The second-order valence-electron chi connectivity index (χ2n) is 5.29. The van der Waals surface area contributed by atoms with Crippen molar-refractivity contribution in [2.24, 2.45) is 0 Å². The van der Waals surface area contributed by atoms with E-state index in [2.05, 4.69) is 4.74 Å². The van der Waals surface area contributed by atoms with E-state index >= 15 is 0 Å². The van der Waals surface area contributed by atoms with E-state index in [9.17, 15) is 25.2 Å². The van der Waals surface area contributed by atoms with Gasteiger partial charge in [0.1, 0.15) is 24.4 Å². The summed E-state index contributed by atoms with van der Waals surface area (Å²) in [6, 6.07) is 0. The van der Waals surface area contributed by atoms with Crippen LogP contribution in [0.1, 0.15) is 6.42 Å². The van der Waals surface area contributed by atoms with Crippen LogP contribution >= 0.6 is 0 Å². The van der Waals surface area contributed by atoms with Crippen molar-refractivity contribution in [1.82, 2.24) is 0 Å². The Hall–Kier alpha value is -0.850.